The highest BCUT2D eigenvalue weighted by Gasteiger charge is 2.25. The van der Waals surface area contributed by atoms with Crippen LogP contribution >= 0.6 is 58.4 Å². The monoisotopic (exact) mass is 736 g/mol. The van der Waals surface area contributed by atoms with E-state index in [0.29, 0.717) is 77.8 Å². The summed E-state index contributed by atoms with van der Waals surface area (Å²) in [6.07, 6.45) is 2.96. The van der Waals surface area contributed by atoms with Crippen LogP contribution in [0.3, 0.4) is 0 Å². The molecule has 2 heterocycles. The van der Waals surface area contributed by atoms with E-state index in [1.54, 1.807) is 41.3 Å². The van der Waals surface area contributed by atoms with E-state index < -0.39 is 0 Å². The van der Waals surface area contributed by atoms with Gasteiger partial charge < -0.3 is 25.8 Å². The van der Waals surface area contributed by atoms with E-state index in [9.17, 15) is 14.4 Å². The lowest BCUT2D eigenvalue weighted by molar-refractivity contribution is 0.0917. The number of urea groups is 2. The Labute approximate surface area is 299 Å². The zero-order valence-corrected chi connectivity index (χ0v) is 29.4. The summed E-state index contributed by atoms with van der Waals surface area (Å²) in [6.45, 7) is 3.01. The fourth-order valence-electron chi connectivity index (χ4n) is 5.44. The topological polar surface area (TPSA) is 106 Å². The Balaban J connectivity index is 0.997. The molecule has 2 aliphatic heterocycles. The second-order valence-electron chi connectivity index (χ2n) is 11.5. The molecule has 5 rings (SSSR count). The van der Waals surface area contributed by atoms with Gasteiger partial charge in [-0.05, 0) is 91.2 Å². The maximum Gasteiger partial charge on any atom is 0.317 e. The van der Waals surface area contributed by atoms with Crippen LogP contribution in [0.15, 0.2) is 65.6 Å². The fourth-order valence-corrected chi connectivity index (χ4v) is 7.27. The molecule has 0 aromatic heterocycles. The fraction of sp³-hybridized carbons (Fsp3) is 0.364. The van der Waals surface area contributed by atoms with E-state index in [0.717, 1.165) is 28.9 Å². The highest BCUT2D eigenvalue weighted by molar-refractivity contribution is 7.97. The zero-order valence-electron chi connectivity index (χ0n) is 25.5. The molecule has 3 aromatic carbocycles. The van der Waals surface area contributed by atoms with Crippen molar-refractivity contribution in [2.75, 3.05) is 26.2 Å². The van der Waals surface area contributed by atoms with Gasteiger partial charge in [-0.3, -0.25) is 9.52 Å². The molecule has 0 bridgehead atoms. The summed E-state index contributed by atoms with van der Waals surface area (Å²) in [6, 6.07) is 17.9. The van der Waals surface area contributed by atoms with Crippen molar-refractivity contribution in [1.29, 1.82) is 0 Å². The molecule has 3 aromatic rings. The van der Waals surface area contributed by atoms with Crippen molar-refractivity contribution in [3.63, 3.8) is 0 Å². The van der Waals surface area contributed by atoms with Crippen molar-refractivity contribution in [2.45, 2.75) is 55.8 Å². The van der Waals surface area contributed by atoms with Crippen molar-refractivity contribution >= 4 is 76.3 Å². The van der Waals surface area contributed by atoms with Gasteiger partial charge in [0.2, 0.25) is 0 Å². The lowest BCUT2D eigenvalue weighted by atomic mass is 10.0. The van der Waals surface area contributed by atoms with E-state index in [4.69, 9.17) is 46.4 Å². The lowest BCUT2D eigenvalue weighted by Gasteiger charge is -2.32. The predicted molar refractivity (Wildman–Crippen MR) is 189 cm³/mol. The number of carbonyl (C=O) groups excluding carboxylic acids is 3. The normalized spacial score (nSPS) is 15.7. The van der Waals surface area contributed by atoms with E-state index >= 15 is 0 Å². The largest absolute Gasteiger partial charge is 0.349 e. The first-order valence-corrected chi connectivity index (χ1v) is 17.7. The molecular formula is C33H36Cl4N6O3S. The number of nitrogens with one attached hydrogen (secondary N) is 4. The van der Waals surface area contributed by atoms with Crippen LogP contribution < -0.4 is 20.7 Å². The Morgan fingerprint density at radius 1 is 0.681 bits per heavy atom. The Kier molecular flexibility index (Phi) is 12.8. The molecule has 9 nitrogen and oxygen atoms in total. The Bertz CT molecular complexity index is 1580. The van der Waals surface area contributed by atoms with Crippen molar-refractivity contribution in [1.82, 2.24) is 30.5 Å². The highest BCUT2D eigenvalue weighted by Crippen LogP contribution is 2.24. The summed E-state index contributed by atoms with van der Waals surface area (Å²) >= 11 is 25.8. The first kappa shape index (κ1) is 35.4. The first-order valence-electron chi connectivity index (χ1n) is 15.4. The van der Waals surface area contributed by atoms with Gasteiger partial charge in [-0.15, -0.1) is 0 Å². The molecule has 47 heavy (non-hydrogen) atoms. The number of nitrogens with zero attached hydrogens (tertiary/aromatic N) is 2. The first-order chi connectivity index (χ1) is 22.6. The van der Waals surface area contributed by atoms with Crippen LogP contribution in [0.5, 0.6) is 0 Å². The van der Waals surface area contributed by atoms with Gasteiger partial charge in [-0.25, -0.2) is 9.59 Å². The van der Waals surface area contributed by atoms with Gasteiger partial charge in [0, 0.05) is 81.9 Å². The summed E-state index contributed by atoms with van der Waals surface area (Å²) in [5.41, 5.74) is 2.20. The van der Waals surface area contributed by atoms with Gasteiger partial charge in [0.15, 0.2) is 0 Å². The van der Waals surface area contributed by atoms with Crippen LogP contribution in [0, 0.1) is 0 Å². The molecule has 4 N–H and O–H groups in total. The summed E-state index contributed by atoms with van der Waals surface area (Å²) in [7, 11) is 0. The predicted octanol–water partition coefficient (Wildman–Crippen LogP) is 7.38. The number of rotatable bonds is 9. The van der Waals surface area contributed by atoms with Crippen LogP contribution in [-0.4, -0.2) is 66.0 Å². The summed E-state index contributed by atoms with van der Waals surface area (Å²) in [5.74, 6) is -0.132. The molecule has 0 aliphatic carbocycles. The Morgan fingerprint density at radius 2 is 1.19 bits per heavy atom. The van der Waals surface area contributed by atoms with E-state index in [2.05, 4.69) is 20.7 Å². The number of likely N-dealkylation sites (tertiary alicyclic amines) is 2. The van der Waals surface area contributed by atoms with Crippen LogP contribution in [-0.2, 0) is 13.1 Å². The SMILES string of the molecule is O=C(NC1CCN(C(=O)NCc2ccc(Cl)cc2Cl)CC1)c1cccc(SNC2CCN(C(=O)NCc3ccc(Cl)cc3Cl)CC2)c1. The van der Waals surface area contributed by atoms with Crippen LogP contribution in [0.2, 0.25) is 20.1 Å². The summed E-state index contributed by atoms with van der Waals surface area (Å²) < 4.78 is 3.50. The number of amides is 5. The molecule has 0 atom stereocenters. The molecule has 14 heteroatoms. The number of halogens is 4. The average molecular weight is 739 g/mol. The highest BCUT2D eigenvalue weighted by atomic mass is 35.5. The molecule has 0 radical (unpaired) electrons. The third-order valence-corrected chi connectivity index (χ3v) is 10.3. The van der Waals surface area contributed by atoms with Crippen molar-refractivity contribution in [2.24, 2.45) is 0 Å². The number of carbonyl (C=O) groups is 3. The Hall–Kier alpha value is -2.86. The quantitative estimate of drug-likeness (QED) is 0.172. The van der Waals surface area contributed by atoms with Gasteiger partial charge in [0.1, 0.15) is 0 Å². The number of benzene rings is 3. The van der Waals surface area contributed by atoms with Crippen molar-refractivity contribution in [3.8, 4) is 0 Å². The van der Waals surface area contributed by atoms with E-state index in [-0.39, 0.29) is 30.1 Å². The minimum Gasteiger partial charge on any atom is -0.349 e. The molecule has 0 unspecified atom stereocenters. The third-order valence-electron chi connectivity index (χ3n) is 8.23. The minimum atomic E-state index is -0.161. The second-order valence-corrected chi connectivity index (χ2v) is 14.1. The minimum absolute atomic E-state index is 0.0164. The van der Waals surface area contributed by atoms with Gasteiger partial charge >= 0.3 is 12.1 Å². The van der Waals surface area contributed by atoms with Crippen molar-refractivity contribution < 1.29 is 14.4 Å². The lowest BCUT2D eigenvalue weighted by Crippen LogP contribution is -2.49. The van der Waals surface area contributed by atoms with Crippen LogP contribution in [0.4, 0.5) is 9.59 Å². The van der Waals surface area contributed by atoms with Gasteiger partial charge in [-0.1, -0.05) is 64.6 Å². The van der Waals surface area contributed by atoms with Crippen LogP contribution in [0.25, 0.3) is 0 Å². The zero-order chi connectivity index (χ0) is 33.3. The molecular weight excluding hydrogens is 702 g/mol. The van der Waals surface area contributed by atoms with E-state index in [1.807, 2.05) is 29.2 Å². The molecule has 0 spiro atoms. The number of hydrogen-bond acceptors (Lipinski definition) is 5. The standard InChI is InChI=1S/C33H36Cl4N6O3S/c34-24-6-4-22(29(36)17-24)19-38-32(45)42-12-8-26(9-13-42)40-31(44)21-2-1-3-28(16-21)47-41-27-10-14-43(15-11-27)33(46)39-20-23-5-7-25(35)18-30(23)37/h1-7,16-18,26-27,41H,8-15,19-20H2,(H,38,45)(H,39,46)(H,40,44). The van der Waals surface area contributed by atoms with Gasteiger partial charge in [0.25, 0.3) is 5.91 Å². The summed E-state index contributed by atoms with van der Waals surface area (Å²) in [4.78, 5) is 42.9. The summed E-state index contributed by atoms with van der Waals surface area (Å²) in [5, 5.41) is 11.1. The van der Waals surface area contributed by atoms with Gasteiger partial charge in [-0.2, -0.15) is 0 Å². The molecule has 250 valence electrons. The number of hydrogen-bond donors (Lipinski definition) is 4. The maximum atomic E-state index is 13.1. The Morgan fingerprint density at radius 3 is 1.70 bits per heavy atom. The van der Waals surface area contributed by atoms with Crippen molar-refractivity contribution in [3.05, 3.63) is 97.4 Å². The van der Waals surface area contributed by atoms with Gasteiger partial charge in [0.05, 0.1) is 0 Å². The molecule has 0 saturated carbocycles. The molecule has 2 saturated heterocycles. The van der Waals surface area contributed by atoms with Crippen LogP contribution in [0.1, 0.15) is 47.2 Å². The molecule has 5 amide bonds. The van der Waals surface area contributed by atoms with E-state index in [1.165, 1.54) is 11.9 Å². The number of piperidine rings is 2. The smallest absolute Gasteiger partial charge is 0.317 e. The molecule has 2 fully saturated rings. The third kappa shape index (κ3) is 10.3. The molecule has 2 aliphatic rings. The maximum absolute atomic E-state index is 13.1. The average Bonchev–Trinajstić information content (AvgIpc) is 3.07. The second kappa shape index (κ2) is 17.0.